The minimum Gasteiger partial charge on any atom is -0.484 e. The number of carbonyl (C=O) groups excluding carboxylic acids is 1. The Kier molecular flexibility index (Phi) is 6.97. The molecule has 7 nitrogen and oxygen atoms in total. The Morgan fingerprint density at radius 1 is 1.24 bits per heavy atom. The molecule has 1 rings (SSSR count). The van der Waals surface area contributed by atoms with Gasteiger partial charge in [0.15, 0.2) is 6.61 Å². The van der Waals surface area contributed by atoms with Crippen LogP contribution in [0.15, 0.2) is 35.3 Å². The van der Waals surface area contributed by atoms with E-state index < -0.39 is 30.8 Å². The SMILES string of the molecule is C[C@H](O)[C@@H](O)[C@H](O)C(CO)=NC(=O)COc1ccccc1. The van der Waals surface area contributed by atoms with Crippen LogP contribution in [0.5, 0.6) is 5.75 Å². The second-order valence-electron chi connectivity index (χ2n) is 4.43. The smallest absolute Gasteiger partial charge is 0.283 e. The monoisotopic (exact) mass is 297 g/mol. The number of nitrogens with zero attached hydrogens (tertiary/aromatic N) is 1. The normalized spacial score (nSPS) is 16.1. The maximum atomic E-state index is 11.6. The van der Waals surface area contributed by atoms with Crippen LogP contribution in [-0.2, 0) is 4.79 Å². The summed E-state index contributed by atoms with van der Waals surface area (Å²) in [6, 6.07) is 8.60. The van der Waals surface area contributed by atoms with Gasteiger partial charge in [-0.3, -0.25) is 4.79 Å². The van der Waals surface area contributed by atoms with Crippen molar-refractivity contribution in [3.8, 4) is 5.75 Å². The zero-order chi connectivity index (χ0) is 15.8. The van der Waals surface area contributed by atoms with E-state index in [-0.39, 0.29) is 12.3 Å². The van der Waals surface area contributed by atoms with Gasteiger partial charge in [-0.2, -0.15) is 0 Å². The molecular formula is C14H19NO6. The topological polar surface area (TPSA) is 120 Å². The molecule has 1 amide bonds. The summed E-state index contributed by atoms with van der Waals surface area (Å²) in [5.41, 5.74) is -0.329. The number of amides is 1. The summed E-state index contributed by atoms with van der Waals surface area (Å²) in [6.07, 6.45) is -4.40. The number of ether oxygens (including phenoxy) is 1. The second-order valence-corrected chi connectivity index (χ2v) is 4.43. The number of hydrogen-bond acceptors (Lipinski definition) is 6. The first-order valence-corrected chi connectivity index (χ1v) is 6.39. The molecule has 0 heterocycles. The number of benzene rings is 1. The van der Waals surface area contributed by atoms with Crippen molar-refractivity contribution in [1.82, 2.24) is 0 Å². The van der Waals surface area contributed by atoms with Crippen molar-refractivity contribution in [2.24, 2.45) is 4.99 Å². The van der Waals surface area contributed by atoms with Gasteiger partial charge in [0.25, 0.3) is 5.91 Å². The number of aliphatic hydroxyl groups is 4. The molecule has 0 fully saturated rings. The Morgan fingerprint density at radius 3 is 2.38 bits per heavy atom. The van der Waals surface area contributed by atoms with E-state index in [0.29, 0.717) is 5.75 Å². The Balaban J connectivity index is 2.63. The number of para-hydroxylation sites is 1. The van der Waals surface area contributed by atoms with Crippen LogP contribution in [0.4, 0.5) is 0 Å². The van der Waals surface area contributed by atoms with Crippen molar-refractivity contribution in [3.63, 3.8) is 0 Å². The number of rotatable bonds is 7. The van der Waals surface area contributed by atoms with E-state index in [4.69, 9.17) is 14.9 Å². The number of carbonyl (C=O) groups is 1. The number of aliphatic imine (C=N–C) groups is 1. The van der Waals surface area contributed by atoms with Crippen LogP contribution in [0.2, 0.25) is 0 Å². The number of hydrogen-bond donors (Lipinski definition) is 4. The van der Waals surface area contributed by atoms with Crippen LogP contribution in [0.3, 0.4) is 0 Å². The van der Waals surface area contributed by atoms with Crippen LogP contribution in [0.25, 0.3) is 0 Å². The average molecular weight is 297 g/mol. The van der Waals surface area contributed by atoms with Crippen molar-refractivity contribution in [1.29, 1.82) is 0 Å². The summed E-state index contributed by atoms with van der Waals surface area (Å²) >= 11 is 0. The lowest BCUT2D eigenvalue weighted by molar-refractivity contribution is -0.119. The van der Waals surface area contributed by atoms with E-state index >= 15 is 0 Å². The third kappa shape index (κ3) is 5.60. The van der Waals surface area contributed by atoms with Gasteiger partial charge in [-0.15, -0.1) is 0 Å². The average Bonchev–Trinajstić information content (AvgIpc) is 2.50. The summed E-state index contributed by atoms with van der Waals surface area (Å²) in [4.78, 5) is 15.1. The molecular weight excluding hydrogens is 278 g/mol. The van der Waals surface area contributed by atoms with Gasteiger partial charge in [0, 0.05) is 0 Å². The summed E-state index contributed by atoms with van der Waals surface area (Å²) in [5.74, 6) is -0.240. The minimum absolute atomic E-state index is 0.329. The fraction of sp³-hybridized carbons (Fsp3) is 0.429. The Morgan fingerprint density at radius 2 is 1.86 bits per heavy atom. The standard InChI is InChI=1S/C14H19NO6/c1-9(17)13(19)14(20)11(7-16)15-12(18)8-21-10-5-3-2-4-6-10/h2-6,9,13-14,16-17,19-20H,7-8H2,1H3/t9-,13+,14+/m0/s1. The molecule has 4 N–H and O–H groups in total. The van der Waals surface area contributed by atoms with Crippen molar-refractivity contribution in [2.75, 3.05) is 13.2 Å². The maximum Gasteiger partial charge on any atom is 0.283 e. The van der Waals surface area contributed by atoms with E-state index in [1.165, 1.54) is 6.92 Å². The molecule has 0 aromatic heterocycles. The largest absolute Gasteiger partial charge is 0.484 e. The fourth-order valence-corrected chi connectivity index (χ4v) is 1.51. The van der Waals surface area contributed by atoms with E-state index in [9.17, 15) is 15.0 Å². The Bertz CT molecular complexity index is 474. The van der Waals surface area contributed by atoms with Gasteiger partial charge in [-0.05, 0) is 19.1 Å². The first-order chi connectivity index (χ1) is 9.95. The molecule has 0 saturated carbocycles. The molecule has 21 heavy (non-hydrogen) atoms. The molecule has 1 aromatic rings. The first kappa shape index (κ1) is 17.3. The number of aliphatic hydroxyl groups excluding tert-OH is 4. The van der Waals surface area contributed by atoms with Gasteiger partial charge < -0.3 is 25.2 Å². The van der Waals surface area contributed by atoms with Crippen LogP contribution in [-0.4, -0.2) is 63.6 Å². The van der Waals surface area contributed by atoms with Gasteiger partial charge in [0.05, 0.1) is 18.4 Å². The minimum atomic E-state index is -1.63. The highest BCUT2D eigenvalue weighted by Gasteiger charge is 2.26. The molecule has 0 aliphatic heterocycles. The molecule has 0 bridgehead atoms. The molecule has 3 atom stereocenters. The predicted octanol–water partition coefficient (Wildman–Crippen LogP) is -0.872. The van der Waals surface area contributed by atoms with Crippen LogP contribution in [0, 0.1) is 0 Å². The van der Waals surface area contributed by atoms with E-state index in [1.807, 2.05) is 0 Å². The van der Waals surface area contributed by atoms with Gasteiger partial charge in [-0.25, -0.2) is 4.99 Å². The van der Waals surface area contributed by atoms with Gasteiger partial charge in [-0.1, -0.05) is 18.2 Å². The summed E-state index contributed by atoms with van der Waals surface area (Å²) in [7, 11) is 0. The van der Waals surface area contributed by atoms with Crippen molar-refractivity contribution >= 4 is 11.6 Å². The van der Waals surface area contributed by atoms with Gasteiger partial charge in [0.2, 0.25) is 0 Å². The molecule has 0 radical (unpaired) electrons. The molecule has 7 heteroatoms. The molecule has 1 aromatic carbocycles. The van der Waals surface area contributed by atoms with Crippen LogP contribution in [0.1, 0.15) is 6.92 Å². The lowest BCUT2D eigenvalue weighted by Crippen LogP contribution is -2.42. The zero-order valence-corrected chi connectivity index (χ0v) is 11.6. The second kappa shape index (κ2) is 8.48. The van der Waals surface area contributed by atoms with Crippen molar-refractivity contribution in [3.05, 3.63) is 30.3 Å². The highest BCUT2D eigenvalue weighted by molar-refractivity contribution is 5.99. The zero-order valence-electron chi connectivity index (χ0n) is 11.6. The lowest BCUT2D eigenvalue weighted by Gasteiger charge is -2.20. The van der Waals surface area contributed by atoms with Crippen molar-refractivity contribution < 1.29 is 30.0 Å². The molecule has 0 aliphatic rings. The summed E-state index contributed by atoms with van der Waals surface area (Å²) in [6.45, 7) is 0.177. The van der Waals surface area contributed by atoms with Crippen LogP contribution < -0.4 is 4.74 Å². The Labute approximate surface area is 122 Å². The predicted molar refractivity (Wildman–Crippen MR) is 75.2 cm³/mol. The molecule has 0 aliphatic carbocycles. The van der Waals surface area contributed by atoms with Crippen molar-refractivity contribution in [2.45, 2.75) is 25.2 Å². The molecule has 0 saturated heterocycles. The molecule has 0 spiro atoms. The van der Waals surface area contributed by atoms with Gasteiger partial charge in [0.1, 0.15) is 18.0 Å². The highest BCUT2D eigenvalue weighted by Crippen LogP contribution is 2.08. The third-order valence-corrected chi connectivity index (χ3v) is 2.69. The van der Waals surface area contributed by atoms with E-state index in [1.54, 1.807) is 30.3 Å². The van der Waals surface area contributed by atoms with Crippen LogP contribution >= 0.6 is 0 Å². The third-order valence-electron chi connectivity index (χ3n) is 2.69. The fourth-order valence-electron chi connectivity index (χ4n) is 1.51. The van der Waals surface area contributed by atoms with E-state index in [0.717, 1.165) is 0 Å². The highest BCUT2D eigenvalue weighted by atomic mass is 16.5. The van der Waals surface area contributed by atoms with E-state index in [2.05, 4.69) is 4.99 Å². The quantitative estimate of drug-likeness (QED) is 0.486. The summed E-state index contributed by atoms with van der Waals surface area (Å²) < 4.78 is 5.17. The Hall–Kier alpha value is -1.80. The molecule has 116 valence electrons. The maximum absolute atomic E-state index is 11.6. The first-order valence-electron chi connectivity index (χ1n) is 6.39. The summed E-state index contributed by atoms with van der Waals surface area (Å²) in [5, 5.41) is 37.4. The lowest BCUT2D eigenvalue weighted by atomic mass is 10.1. The molecule has 0 unspecified atom stereocenters. The van der Waals surface area contributed by atoms with Gasteiger partial charge >= 0.3 is 0 Å².